The minimum absolute atomic E-state index is 0.0738. The summed E-state index contributed by atoms with van der Waals surface area (Å²) in [4.78, 5) is -0.0738. The lowest BCUT2D eigenvalue weighted by molar-refractivity contribution is -0.282. The molecule has 3 nitrogen and oxygen atoms in total. The van der Waals surface area contributed by atoms with Crippen LogP contribution in [0.25, 0.3) is 0 Å². The first kappa shape index (κ1) is 27.2. The van der Waals surface area contributed by atoms with Crippen LogP contribution in [0.2, 0.25) is 0 Å². The number of alkyl halides is 3. The van der Waals surface area contributed by atoms with Crippen molar-refractivity contribution >= 4 is 9.84 Å². The third kappa shape index (κ3) is 4.77. The van der Waals surface area contributed by atoms with Gasteiger partial charge in [0.25, 0.3) is 0 Å². The Labute approximate surface area is 211 Å². The molecule has 37 heavy (non-hydrogen) atoms. The highest BCUT2D eigenvalue weighted by Crippen LogP contribution is 2.49. The Hall–Kier alpha value is -2.85. The molecule has 0 aliphatic heterocycles. The van der Waals surface area contributed by atoms with E-state index in [1.165, 1.54) is 24.3 Å². The molecule has 0 radical (unpaired) electrons. The molecule has 1 saturated carbocycles. The third-order valence-corrected chi connectivity index (χ3v) is 9.68. The third-order valence-electron chi connectivity index (χ3n) is 7.12. The molecule has 0 N–H and O–H groups in total. The highest BCUT2D eigenvalue weighted by molar-refractivity contribution is 7.92. The van der Waals surface area contributed by atoms with Gasteiger partial charge in [0.2, 0.25) is 0 Å². The van der Waals surface area contributed by atoms with Crippen molar-refractivity contribution in [3.8, 4) is 0 Å². The lowest BCUT2D eigenvalue weighted by Gasteiger charge is -2.34. The first-order chi connectivity index (χ1) is 17.3. The van der Waals surface area contributed by atoms with E-state index in [1.54, 1.807) is 0 Å². The van der Waals surface area contributed by atoms with Crippen molar-refractivity contribution in [2.45, 2.75) is 60.6 Å². The Bertz CT molecular complexity index is 1340. The minimum Gasteiger partial charge on any atom is -0.356 e. The number of hydrogen-bond acceptors (Lipinski definition) is 3. The second-order valence-corrected chi connectivity index (χ2v) is 11.5. The molecule has 0 bridgehead atoms. The molecular weight excluding hydrogens is 518 g/mol. The van der Waals surface area contributed by atoms with Crippen molar-refractivity contribution in [1.29, 1.82) is 0 Å². The average Bonchev–Trinajstić information content (AvgIpc) is 3.35. The molecular formula is C27H24F6O3S. The maximum atomic E-state index is 14.2. The molecule has 1 unspecified atom stereocenters. The molecule has 0 heterocycles. The van der Waals surface area contributed by atoms with Crippen LogP contribution in [0.1, 0.15) is 49.3 Å². The van der Waals surface area contributed by atoms with Gasteiger partial charge in [0.05, 0.1) is 11.5 Å². The summed E-state index contributed by atoms with van der Waals surface area (Å²) in [6.45, 7) is -0.222. The topological polar surface area (TPSA) is 43.4 Å². The summed E-state index contributed by atoms with van der Waals surface area (Å²) in [6.07, 6.45) is -3.25. The van der Waals surface area contributed by atoms with Gasteiger partial charge >= 0.3 is 6.18 Å². The van der Waals surface area contributed by atoms with Crippen molar-refractivity contribution in [2.75, 3.05) is 0 Å². The van der Waals surface area contributed by atoms with Crippen molar-refractivity contribution in [3.63, 3.8) is 0 Å². The van der Waals surface area contributed by atoms with Gasteiger partial charge in [-0.1, -0.05) is 43.2 Å². The zero-order chi connectivity index (χ0) is 27.1. The van der Waals surface area contributed by atoms with Crippen LogP contribution >= 0.6 is 0 Å². The van der Waals surface area contributed by atoms with Crippen molar-refractivity contribution in [2.24, 2.45) is 0 Å². The lowest BCUT2D eigenvalue weighted by Crippen LogP contribution is -2.42. The number of ether oxygens (including phenoxy) is 1. The smallest absolute Gasteiger partial charge is 0.356 e. The molecule has 3 aromatic rings. The Balaban J connectivity index is 1.71. The summed E-state index contributed by atoms with van der Waals surface area (Å²) < 4.78 is 115. The monoisotopic (exact) mass is 542 g/mol. The van der Waals surface area contributed by atoms with Crippen LogP contribution in [0.4, 0.5) is 26.3 Å². The van der Waals surface area contributed by atoms with Gasteiger partial charge in [-0.3, -0.25) is 0 Å². The Kier molecular flexibility index (Phi) is 7.20. The molecule has 4 rings (SSSR count). The normalized spacial score (nSPS) is 17.5. The summed E-state index contributed by atoms with van der Waals surface area (Å²) >= 11 is 0. The molecule has 1 atom stereocenters. The van der Waals surface area contributed by atoms with Crippen LogP contribution in [-0.2, 0) is 31.5 Å². The summed E-state index contributed by atoms with van der Waals surface area (Å²) in [5.41, 5.74) is -3.61. The van der Waals surface area contributed by atoms with Gasteiger partial charge in [0.15, 0.2) is 15.4 Å². The van der Waals surface area contributed by atoms with E-state index in [0.717, 1.165) is 49.4 Å². The Morgan fingerprint density at radius 2 is 1.38 bits per heavy atom. The van der Waals surface area contributed by atoms with Crippen LogP contribution in [0.3, 0.4) is 0 Å². The number of benzene rings is 3. The molecule has 0 saturated heterocycles. The summed E-state index contributed by atoms with van der Waals surface area (Å²) in [6, 6.07) is 12.3. The quantitative estimate of drug-likeness (QED) is 0.232. The molecule has 10 heteroatoms. The molecule has 1 fully saturated rings. The fraction of sp³-hybridized carbons (Fsp3) is 0.333. The molecule has 198 valence electrons. The van der Waals surface area contributed by atoms with Crippen molar-refractivity contribution in [3.05, 3.63) is 101 Å². The van der Waals surface area contributed by atoms with Gasteiger partial charge < -0.3 is 4.74 Å². The van der Waals surface area contributed by atoms with E-state index in [9.17, 15) is 34.8 Å². The standard InChI is InChI=1S/C27H24F6O3S/c1-25(27(31,32)33,36-17-22-23(29)5-4-6-24(22)30)18-7-9-19(10-8-18)26(15-2-3-16-26)37(34,35)21-13-11-20(28)12-14-21/h4-14H,2-3,15-17H2,1H3. The fourth-order valence-corrected chi connectivity index (χ4v) is 7.02. The van der Waals surface area contributed by atoms with Crippen LogP contribution in [0.5, 0.6) is 0 Å². The molecule has 1 aliphatic carbocycles. The van der Waals surface area contributed by atoms with Crippen LogP contribution in [-0.4, -0.2) is 14.6 Å². The average molecular weight is 543 g/mol. The highest BCUT2D eigenvalue weighted by atomic mass is 32.2. The van der Waals surface area contributed by atoms with Crippen molar-refractivity contribution < 1.29 is 39.5 Å². The number of rotatable bonds is 7. The second-order valence-electron chi connectivity index (χ2n) is 9.26. The number of hydrogen-bond donors (Lipinski definition) is 0. The predicted octanol–water partition coefficient (Wildman–Crippen LogP) is 7.34. The molecule has 3 aromatic carbocycles. The van der Waals surface area contributed by atoms with E-state index in [4.69, 9.17) is 4.74 Å². The van der Waals surface area contributed by atoms with E-state index in [1.807, 2.05) is 0 Å². The largest absolute Gasteiger partial charge is 0.421 e. The van der Waals surface area contributed by atoms with E-state index >= 15 is 0 Å². The van der Waals surface area contributed by atoms with Crippen LogP contribution in [0.15, 0.2) is 71.6 Å². The first-order valence-electron chi connectivity index (χ1n) is 11.6. The van der Waals surface area contributed by atoms with Gasteiger partial charge in [-0.25, -0.2) is 21.6 Å². The predicted molar refractivity (Wildman–Crippen MR) is 125 cm³/mol. The van der Waals surface area contributed by atoms with Gasteiger partial charge in [0.1, 0.15) is 22.2 Å². The maximum Gasteiger partial charge on any atom is 0.421 e. The summed E-state index contributed by atoms with van der Waals surface area (Å²) in [7, 11) is -4.01. The molecule has 0 aromatic heterocycles. The zero-order valence-electron chi connectivity index (χ0n) is 19.8. The minimum atomic E-state index is -4.96. The van der Waals surface area contributed by atoms with Crippen molar-refractivity contribution in [1.82, 2.24) is 0 Å². The second kappa shape index (κ2) is 9.79. The van der Waals surface area contributed by atoms with Gasteiger partial charge in [-0.2, -0.15) is 13.2 Å². The van der Waals surface area contributed by atoms with Gasteiger partial charge in [0, 0.05) is 5.56 Å². The maximum absolute atomic E-state index is 14.2. The summed E-state index contributed by atoms with van der Waals surface area (Å²) in [5, 5.41) is 0. The fourth-order valence-electron chi connectivity index (χ4n) is 4.81. The van der Waals surface area contributed by atoms with E-state index in [-0.39, 0.29) is 23.3 Å². The Morgan fingerprint density at radius 3 is 1.89 bits per heavy atom. The molecule has 0 spiro atoms. The van der Waals surface area contributed by atoms with E-state index < -0.39 is 56.0 Å². The SMILES string of the molecule is CC(OCc1c(F)cccc1F)(c1ccc(C2(S(=O)(=O)c3ccc(F)cc3)CCCC2)cc1)C(F)(F)F. The number of sulfone groups is 1. The van der Waals surface area contributed by atoms with Gasteiger partial charge in [-0.05, 0) is 67.3 Å². The van der Waals surface area contributed by atoms with Gasteiger partial charge in [-0.15, -0.1) is 0 Å². The molecule has 1 aliphatic rings. The Morgan fingerprint density at radius 1 is 0.838 bits per heavy atom. The first-order valence-corrected chi connectivity index (χ1v) is 13.0. The number of halogens is 6. The van der Waals surface area contributed by atoms with E-state index in [0.29, 0.717) is 18.4 Å². The summed E-state index contributed by atoms with van der Waals surface area (Å²) in [5.74, 6) is -2.66. The van der Waals surface area contributed by atoms with Crippen LogP contribution in [0, 0.1) is 17.5 Å². The lowest BCUT2D eigenvalue weighted by atomic mass is 9.90. The zero-order valence-corrected chi connectivity index (χ0v) is 20.6. The highest BCUT2D eigenvalue weighted by Gasteiger charge is 2.54. The van der Waals surface area contributed by atoms with Crippen LogP contribution < -0.4 is 0 Å². The van der Waals surface area contributed by atoms with E-state index in [2.05, 4.69) is 0 Å². The molecule has 0 amide bonds.